The highest BCUT2D eigenvalue weighted by molar-refractivity contribution is 5.89. The molecule has 0 aliphatic carbocycles. The number of piperidine rings is 1. The molecule has 0 atom stereocenters. The van der Waals surface area contributed by atoms with Crippen molar-refractivity contribution < 1.29 is 14.3 Å². The van der Waals surface area contributed by atoms with E-state index < -0.39 is 0 Å². The van der Waals surface area contributed by atoms with Crippen molar-refractivity contribution in [3.63, 3.8) is 0 Å². The Morgan fingerprint density at radius 2 is 1.73 bits per heavy atom. The van der Waals surface area contributed by atoms with E-state index in [1.54, 1.807) is 14.0 Å². The number of piperazine rings is 1. The summed E-state index contributed by atoms with van der Waals surface area (Å²) >= 11 is 0. The molecule has 2 fully saturated rings. The van der Waals surface area contributed by atoms with E-state index in [4.69, 9.17) is 9.72 Å². The smallest absolute Gasteiger partial charge is 0.225 e. The van der Waals surface area contributed by atoms with E-state index >= 15 is 0 Å². The summed E-state index contributed by atoms with van der Waals surface area (Å²) in [5.41, 5.74) is 2.05. The van der Waals surface area contributed by atoms with Gasteiger partial charge in [0, 0.05) is 57.5 Å². The summed E-state index contributed by atoms with van der Waals surface area (Å²) in [4.78, 5) is 35.4. The molecule has 0 radical (unpaired) electrons. The zero-order chi connectivity index (χ0) is 21.3. The third kappa shape index (κ3) is 3.93. The van der Waals surface area contributed by atoms with Crippen LogP contribution in [0.5, 0.6) is 5.75 Å². The molecule has 4 rings (SSSR count). The van der Waals surface area contributed by atoms with Gasteiger partial charge in [-0.15, -0.1) is 0 Å². The summed E-state index contributed by atoms with van der Waals surface area (Å²) in [7, 11) is 1.67. The van der Waals surface area contributed by atoms with E-state index in [2.05, 4.69) is 24.0 Å². The van der Waals surface area contributed by atoms with Crippen LogP contribution in [0.25, 0.3) is 10.9 Å². The lowest BCUT2D eigenvalue weighted by molar-refractivity contribution is -0.140. The number of aromatic nitrogens is 1. The fourth-order valence-electron chi connectivity index (χ4n) is 4.56. The minimum absolute atomic E-state index is 0.0393. The first-order chi connectivity index (χ1) is 14.5. The van der Waals surface area contributed by atoms with Crippen molar-refractivity contribution in [1.29, 1.82) is 0 Å². The number of ether oxygens (including phenoxy) is 1. The van der Waals surface area contributed by atoms with Gasteiger partial charge in [-0.2, -0.15) is 0 Å². The highest BCUT2D eigenvalue weighted by Gasteiger charge is 2.31. The van der Waals surface area contributed by atoms with Gasteiger partial charge in [-0.3, -0.25) is 9.59 Å². The molecule has 2 amide bonds. The second-order valence-electron chi connectivity index (χ2n) is 8.25. The van der Waals surface area contributed by atoms with Crippen LogP contribution < -0.4 is 9.64 Å². The largest absolute Gasteiger partial charge is 0.494 e. The van der Waals surface area contributed by atoms with E-state index in [0.717, 1.165) is 48.4 Å². The normalized spacial score (nSPS) is 18.0. The van der Waals surface area contributed by atoms with Crippen molar-refractivity contribution in [2.45, 2.75) is 26.7 Å². The van der Waals surface area contributed by atoms with Crippen LogP contribution in [0.15, 0.2) is 24.3 Å². The maximum Gasteiger partial charge on any atom is 0.225 e. The van der Waals surface area contributed by atoms with Crippen LogP contribution in [0.2, 0.25) is 0 Å². The highest BCUT2D eigenvalue weighted by atomic mass is 16.5. The third-order valence-corrected chi connectivity index (χ3v) is 6.42. The standard InChI is InChI=1S/C23H30N4O3/c1-16-15-21(24-22-19(16)5-4-6-20(22)30-3)26-11-13-27(14-12-26)23(29)18-7-9-25(10-8-18)17(2)28/h4-6,15,18H,7-14H2,1-3H3. The van der Waals surface area contributed by atoms with Gasteiger partial charge in [-0.05, 0) is 37.5 Å². The first-order valence-corrected chi connectivity index (χ1v) is 10.7. The molecule has 160 valence electrons. The molecule has 0 unspecified atom stereocenters. The van der Waals surface area contributed by atoms with E-state index in [9.17, 15) is 9.59 Å². The Kier molecular flexibility index (Phi) is 5.79. The fourth-order valence-corrected chi connectivity index (χ4v) is 4.56. The van der Waals surface area contributed by atoms with Crippen LogP contribution in [-0.2, 0) is 9.59 Å². The Morgan fingerprint density at radius 1 is 1.03 bits per heavy atom. The number of aryl methyl sites for hydroxylation is 1. The van der Waals surface area contributed by atoms with Gasteiger partial charge in [0.2, 0.25) is 11.8 Å². The Morgan fingerprint density at radius 3 is 2.37 bits per heavy atom. The van der Waals surface area contributed by atoms with Gasteiger partial charge in [-0.25, -0.2) is 4.98 Å². The molecule has 1 aromatic carbocycles. The summed E-state index contributed by atoms with van der Waals surface area (Å²) in [6.45, 7) is 8.02. The molecule has 0 saturated carbocycles. The molecule has 7 nitrogen and oxygen atoms in total. The zero-order valence-electron chi connectivity index (χ0n) is 18.1. The number of likely N-dealkylation sites (tertiary alicyclic amines) is 1. The molecular weight excluding hydrogens is 380 g/mol. The van der Waals surface area contributed by atoms with Gasteiger partial charge in [0.1, 0.15) is 17.1 Å². The van der Waals surface area contributed by atoms with E-state index in [-0.39, 0.29) is 17.7 Å². The van der Waals surface area contributed by atoms with Gasteiger partial charge in [-0.1, -0.05) is 12.1 Å². The molecule has 0 spiro atoms. The minimum atomic E-state index is 0.0393. The van der Waals surface area contributed by atoms with Gasteiger partial charge < -0.3 is 19.4 Å². The number of carbonyl (C=O) groups is 2. The van der Waals surface area contributed by atoms with Crippen molar-refractivity contribution in [2.24, 2.45) is 5.92 Å². The summed E-state index contributed by atoms with van der Waals surface area (Å²) in [5.74, 6) is 2.10. The molecule has 2 aliphatic rings. The molecule has 2 aromatic rings. The number of hydrogen-bond acceptors (Lipinski definition) is 5. The quantitative estimate of drug-likeness (QED) is 0.778. The number of hydrogen-bond donors (Lipinski definition) is 0. The Balaban J connectivity index is 1.41. The predicted molar refractivity (Wildman–Crippen MR) is 117 cm³/mol. The summed E-state index contributed by atoms with van der Waals surface area (Å²) < 4.78 is 5.50. The lowest BCUT2D eigenvalue weighted by atomic mass is 9.95. The topological polar surface area (TPSA) is 66.0 Å². The third-order valence-electron chi connectivity index (χ3n) is 6.42. The number of fused-ring (bicyclic) bond motifs is 1. The summed E-state index contributed by atoms with van der Waals surface area (Å²) in [6, 6.07) is 8.11. The van der Waals surface area contributed by atoms with Crippen molar-refractivity contribution in [2.75, 3.05) is 51.3 Å². The lowest BCUT2D eigenvalue weighted by Crippen LogP contribution is -2.52. The highest BCUT2D eigenvalue weighted by Crippen LogP contribution is 2.30. The van der Waals surface area contributed by atoms with Gasteiger partial charge >= 0.3 is 0 Å². The van der Waals surface area contributed by atoms with Crippen molar-refractivity contribution in [3.8, 4) is 5.75 Å². The molecular formula is C23H30N4O3. The minimum Gasteiger partial charge on any atom is -0.494 e. The second kappa shape index (κ2) is 8.50. The van der Waals surface area contributed by atoms with Crippen molar-refractivity contribution >= 4 is 28.5 Å². The maximum absolute atomic E-state index is 13.0. The molecule has 1 aromatic heterocycles. The van der Waals surface area contributed by atoms with Crippen LogP contribution >= 0.6 is 0 Å². The molecule has 0 N–H and O–H groups in total. The zero-order valence-corrected chi connectivity index (χ0v) is 18.1. The van der Waals surface area contributed by atoms with E-state index in [1.807, 2.05) is 21.9 Å². The maximum atomic E-state index is 13.0. The van der Waals surface area contributed by atoms with Crippen LogP contribution in [-0.4, -0.2) is 73.0 Å². The summed E-state index contributed by atoms with van der Waals surface area (Å²) in [6.07, 6.45) is 1.54. The Bertz CT molecular complexity index is 945. The number of para-hydroxylation sites is 1. The number of anilines is 1. The Labute approximate surface area is 177 Å². The molecule has 7 heteroatoms. The number of amides is 2. The van der Waals surface area contributed by atoms with Crippen LogP contribution in [0.1, 0.15) is 25.3 Å². The molecule has 3 heterocycles. The monoisotopic (exact) mass is 410 g/mol. The first kappa shape index (κ1) is 20.4. The average molecular weight is 411 g/mol. The average Bonchev–Trinajstić information content (AvgIpc) is 2.78. The molecule has 30 heavy (non-hydrogen) atoms. The van der Waals surface area contributed by atoms with Gasteiger partial charge in [0.15, 0.2) is 0 Å². The first-order valence-electron chi connectivity index (χ1n) is 10.7. The number of methoxy groups -OCH3 is 1. The number of benzene rings is 1. The predicted octanol–water partition coefficient (Wildman–Crippen LogP) is 2.46. The van der Waals surface area contributed by atoms with Gasteiger partial charge in [0.25, 0.3) is 0 Å². The number of nitrogens with zero attached hydrogens (tertiary/aromatic N) is 4. The van der Waals surface area contributed by atoms with Crippen LogP contribution in [0.3, 0.4) is 0 Å². The summed E-state index contributed by atoms with van der Waals surface area (Å²) in [5, 5.41) is 1.10. The van der Waals surface area contributed by atoms with Crippen molar-refractivity contribution in [1.82, 2.24) is 14.8 Å². The van der Waals surface area contributed by atoms with Gasteiger partial charge in [0.05, 0.1) is 7.11 Å². The number of rotatable bonds is 3. The molecule has 0 bridgehead atoms. The van der Waals surface area contributed by atoms with Crippen LogP contribution in [0, 0.1) is 12.8 Å². The van der Waals surface area contributed by atoms with E-state index in [1.165, 1.54) is 5.56 Å². The molecule has 2 saturated heterocycles. The van der Waals surface area contributed by atoms with Crippen molar-refractivity contribution in [3.05, 3.63) is 29.8 Å². The second-order valence-corrected chi connectivity index (χ2v) is 8.25. The lowest BCUT2D eigenvalue weighted by Gasteiger charge is -2.39. The fraction of sp³-hybridized carbons (Fsp3) is 0.522. The Hall–Kier alpha value is -2.83. The number of carbonyl (C=O) groups excluding carboxylic acids is 2. The number of pyridine rings is 1. The van der Waals surface area contributed by atoms with Crippen LogP contribution in [0.4, 0.5) is 5.82 Å². The molecule has 2 aliphatic heterocycles. The SMILES string of the molecule is COc1cccc2c(C)cc(N3CCN(C(=O)C4CCN(C(C)=O)CC4)CC3)nc12. The van der Waals surface area contributed by atoms with E-state index in [0.29, 0.717) is 26.2 Å².